The van der Waals surface area contributed by atoms with Crippen LogP contribution in [0.4, 0.5) is 0 Å². The monoisotopic (exact) mass is 260 g/mol. The van der Waals surface area contributed by atoms with E-state index in [4.69, 9.17) is 10.5 Å². The summed E-state index contributed by atoms with van der Waals surface area (Å²) in [7, 11) is 1.69. The molecule has 1 fully saturated rings. The van der Waals surface area contributed by atoms with Crippen LogP contribution in [0, 0.1) is 6.92 Å². The average Bonchev–Trinajstić information content (AvgIpc) is 2.94. The topological polar surface area (TPSA) is 48.1 Å². The van der Waals surface area contributed by atoms with Crippen molar-refractivity contribution in [3.63, 3.8) is 0 Å². The van der Waals surface area contributed by atoms with Crippen molar-refractivity contribution in [2.75, 3.05) is 7.11 Å². The van der Waals surface area contributed by atoms with Gasteiger partial charge in [0.2, 0.25) is 0 Å². The molecule has 1 aromatic heterocycles. The van der Waals surface area contributed by atoms with Gasteiger partial charge in [-0.1, -0.05) is 0 Å². The number of aryl methyl sites for hydroxylation is 1. The van der Waals surface area contributed by atoms with Gasteiger partial charge in [0.25, 0.3) is 0 Å². The molecule has 0 saturated heterocycles. The SMILES string of the molecule is COc1ccc(-c2csc(C3(N)CC3)n2)cc1C. The summed E-state index contributed by atoms with van der Waals surface area (Å²) in [5, 5.41) is 3.15. The molecule has 3 rings (SSSR count). The van der Waals surface area contributed by atoms with Gasteiger partial charge in [0.15, 0.2) is 0 Å². The van der Waals surface area contributed by atoms with Crippen LogP contribution in [0.15, 0.2) is 23.6 Å². The van der Waals surface area contributed by atoms with E-state index in [1.165, 1.54) is 0 Å². The van der Waals surface area contributed by atoms with E-state index in [9.17, 15) is 0 Å². The van der Waals surface area contributed by atoms with Gasteiger partial charge in [-0.25, -0.2) is 4.98 Å². The van der Waals surface area contributed by atoms with Crippen molar-refractivity contribution in [2.24, 2.45) is 5.73 Å². The van der Waals surface area contributed by atoms with Crippen LogP contribution in [0.1, 0.15) is 23.4 Å². The number of thiazole rings is 1. The Morgan fingerprint density at radius 2 is 2.17 bits per heavy atom. The number of benzene rings is 1. The van der Waals surface area contributed by atoms with Gasteiger partial charge in [0.05, 0.1) is 18.3 Å². The Morgan fingerprint density at radius 3 is 2.78 bits per heavy atom. The zero-order chi connectivity index (χ0) is 12.8. The van der Waals surface area contributed by atoms with Crippen molar-refractivity contribution in [1.29, 1.82) is 0 Å². The molecule has 1 aliphatic carbocycles. The Balaban J connectivity index is 1.95. The van der Waals surface area contributed by atoms with E-state index in [2.05, 4.69) is 16.4 Å². The third-order valence-corrected chi connectivity index (χ3v) is 4.47. The summed E-state index contributed by atoms with van der Waals surface area (Å²) in [4.78, 5) is 4.66. The van der Waals surface area contributed by atoms with Gasteiger partial charge in [-0.15, -0.1) is 11.3 Å². The summed E-state index contributed by atoms with van der Waals surface area (Å²) in [6.07, 6.45) is 2.11. The number of ether oxygens (including phenoxy) is 1. The Morgan fingerprint density at radius 1 is 1.39 bits per heavy atom. The van der Waals surface area contributed by atoms with Gasteiger partial charge in [0.1, 0.15) is 10.8 Å². The summed E-state index contributed by atoms with van der Waals surface area (Å²) in [6, 6.07) is 6.13. The fourth-order valence-electron chi connectivity index (χ4n) is 2.02. The van der Waals surface area contributed by atoms with E-state index in [0.717, 1.165) is 40.4 Å². The van der Waals surface area contributed by atoms with Crippen LogP contribution in [0.25, 0.3) is 11.3 Å². The number of nitrogens with zero attached hydrogens (tertiary/aromatic N) is 1. The van der Waals surface area contributed by atoms with E-state index < -0.39 is 0 Å². The van der Waals surface area contributed by atoms with Crippen molar-refractivity contribution in [3.05, 3.63) is 34.2 Å². The first-order valence-corrected chi connectivity index (χ1v) is 6.90. The predicted octanol–water partition coefficient (Wildman–Crippen LogP) is 3.07. The molecule has 3 nitrogen and oxygen atoms in total. The van der Waals surface area contributed by atoms with Gasteiger partial charge in [0, 0.05) is 10.9 Å². The van der Waals surface area contributed by atoms with Crippen LogP contribution in [0.5, 0.6) is 5.75 Å². The molecule has 0 atom stereocenters. The van der Waals surface area contributed by atoms with E-state index in [1.807, 2.05) is 19.1 Å². The molecule has 1 aromatic carbocycles. The summed E-state index contributed by atoms with van der Waals surface area (Å²) >= 11 is 1.66. The van der Waals surface area contributed by atoms with Gasteiger partial charge in [-0.05, 0) is 43.5 Å². The minimum absolute atomic E-state index is 0.134. The number of nitrogens with two attached hydrogens (primary N) is 1. The molecule has 18 heavy (non-hydrogen) atoms. The third kappa shape index (κ3) is 1.91. The predicted molar refractivity (Wildman–Crippen MR) is 73.9 cm³/mol. The van der Waals surface area contributed by atoms with E-state index in [-0.39, 0.29) is 5.54 Å². The molecule has 1 aliphatic rings. The van der Waals surface area contributed by atoms with Gasteiger partial charge in [-0.2, -0.15) is 0 Å². The van der Waals surface area contributed by atoms with E-state index in [1.54, 1.807) is 18.4 Å². The lowest BCUT2D eigenvalue weighted by molar-refractivity contribution is 0.412. The molecule has 1 saturated carbocycles. The van der Waals surface area contributed by atoms with Gasteiger partial charge < -0.3 is 10.5 Å². The Labute approximate surface area is 111 Å². The number of methoxy groups -OCH3 is 1. The second-order valence-electron chi connectivity index (χ2n) is 4.88. The molecule has 2 aromatic rings. The Kier molecular flexibility index (Phi) is 2.64. The second kappa shape index (κ2) is 4.07. The van der Waals surface area contributed by atoms with Crippen molar-refractivity contribution in [1.82, 2.24) is 4.98 Å². The summed E-state index contributed by atoms with van der Waals surface area (Å²) in [5.74, 6) is 0.909. The minimum Gasteiger partial charge on any atom is -0.496 e. The number of hydrogen-bond acceptors (Lipinski definition) is 4. The number of aromatic nitrogens is 1. The minimum atomic E-state index is -0.134. The molecule has 1 heterocycles. The first-order valence-electron chi connectivity index (χ1n) is 6.02. The highest BCUT2D eigenvalue weighted by molar-refractivity contribution is 7.10. The van der Waals surface area contributed by atoms with E-state index in [0.29, 0.717) is 0 Å². The van der Waals surface area contributed by atoms with Crippen molar-refractivity contribution in [3.8, 4) is 17.0 Å². The lowest BCUT2D eigenvalue weighted by Gasteiger charge is -2.06. The van der Waals surface area contributed by atoms with Crippen LogP contribution >= 0.6 is 11.3 Å². The Bertz CT molecular complexity index is 587. The summed E-state index contributed by atoms with van der Waals surface area (Å²) in [6.45, 7) is 2.04. The molecule has 0 unspecified atom stereocenters. The summed E-state index contributed by atoms with van der Waals surface area (Å²) in [5.41, 5.74) is 9.29. The fourth-order valence-corrected chi connectivity index (χ4v) is 3.02. The first-order chi connectivity index (χ1) is 8.62. The van der Waals surface area contributed by atoms with Crippen molar-refractivity contribution < 1.29 is 4.74 Å². The number of rotatable bonds is 3. The molecule has 4 heteroatoms. The smallest absolute Gasteiger partial charge is 0.121 e. The van der Waals surface area contributed by atoms with Crippen LogP contribution in [0.2, 0.25) is 0 Å². The normalized spacial score (nSPS) is 16.6. The molecule has 2 N–H and O–H groups in total. The van der Waals surface area contributed by atoms with E-state index >= 15 is 0 Å². The highest BCUT2D eigenvalue weighted by Gasteiger charge is 2.42. The van der Waals surface area contributed by atoms with Crippen LogP contribution in [0.3, 0.4) is 0 Å². The third-order valence-electron chi connectivity index (χ3n) is 3.41. The van der Waals surface area contributed by atoms with Crippen LogP contribution in [-0.2, 0) is 5.54 Å². The maximum Gasteiger partial charge on any atom is 0.121 e. The van der Waals surface area contributed by atoms with Crippen LogP contribution in [-0.4, -0.2) is 12.1 Å². The van der Waals surface area contributed by atoms with Crippen LogP contribution < -0.4 is 10.5 Å². The Hall–Kier alpha value is -1.39. The average molecular weight is 260 g/mol. The zero-order valence-electron chi connectivity index (χ0n) is 10.6. The lowest BCUT2D eigenvalue weighted by atomic mass is 10.1. The maximum atomic E-state index is 6.16. The number of hydrogen-bond donors (Lipinski definition) is 1. The fraction of sp³-hybridized carbons (Fsp3) is 0.357. The zero-order valence-corrected chi connectivity index (χ0v) is 11.4. The first kappa shape index (κ1) is 11.7. The summed E-state index contributed by atoms with van der Waals surface area (Å²) < 4.78 is 5.27. The highest BCUT2D eigenvalue weighted by atomic mass is 32.1. The molecule has 0 amide bonds. The standard InChI is InChI=1S/C14H16N2OS/c1-9-7-10(3-4-12(9)17-2)11-8-18-13(16-11)14(15)5-6-14/h3-4,7-8H,5-6,15H2,1-2H3. The molecule has 94 valence electrons. The molecule has 0 bridgehead atoms. The molecule has 0 radical (unpaired) electrons. The highest BCUT2D eigenvalue weighted by Crippen LogP contribution is 2.44. The second-order valence-corrected chi connectivity index (χ2v) is 5.74. The van der Waals surface area contributed by atoms with Gasteiger partial charge in [-0.3, -0.25) is 0 Å². The molecule has 0 aliphatic heterocycles. The lowest BCUT2D eigenvalue weighted by Crippen LogP contribution is -2.18. The van der Waals surface area contributed by atoms with Gasteiger partial charge >= 0.3 is 0 Å². The molecular weight excluding hydrogens is 244 g/mol. The largest absolute Gasteiger partial charge is 0.496 e. The van der Waals surface area contributed by atoms with Crippen molar-refractivity contribution in [2.45, 2.75) is 25.3 Å². The molecule has 0 spiro atoms. The molecular formula is C14H16N2OS. The van der Waals surface area contributed by atoms with Crippen molar-refractivity contribution >= 4 is 11.3 Å². The maximum absolute atomic E-state index is 6.16. The quantitative estimate of drug-likeness (QED) is 0.922.